The molecule has 1 aliphatic rings. The van der Waals surface area contributed by atoms with Crippen molar-refractivity contribution < 1.29 is 0 Å². The van der Waals surface area contributed by atoms with Crippen molar-refractivity contribution in [2.75, 3.05) is 0 Å². The summed E-state index contributed by atoms with van der Waals surface area (Å²) in [4.78, 5) is 9.82. The lowest BCUT2D eigenvalue weighted by Crippen LogP contribution is -2.07. The van der Waals surface area contributed by atoms with E-state index in [4.69, 9.17) is 9.97 Å². The Morgan fingerprint density at radius 2 is 1.10 bits per heavy atom. The lowest BCUT2D eigenvalue weighted by Gasteiger charge is -2.18. The van der Waals surface area contributed by atoms with Crippen molar-refractivity contribution >= 4 is 17.0 Å². The third-order valence-corrected chi connectivity index (χ3v) is 8.13. The summed E-state index contributed by atoms with van der Waals surface area (Å²) in [5.74, 6) is 1.78. The summed E-state index contributed by atoms with van der Waals surface area (Å²) in [7, 11) is 0. The lowest BCUT2D eigenvalue weighted by atomic mass is 9.92. The van der Waals surface area contributed by atoms with E-state index >= 15 is 0 Å². The number of hydrogen-bond donors (Lipinski definition) is 0. The van der Waals surface area contributed by atoms with Gasteiger partial charge in [0.05, 0.1) is 22.6 Å². The number of allylic oxidation sites excluding steroid dienone is 1. The minimum atomic E-state index is 0.882. The Balaban J connectivity index is 1.63. The van der Waals surface area contributed by atoms with E-state index < -0.39 is 0 Å². The fourth-order valence-corrected chi connectivity index (χ4v) is 6.44. The van der Waals surface area contributed by atoms with Gasteiger partial charge in [0.1, 0.15) is 11.6 Å². The van der Waals surface area contributed by atoms with Gasteiger partial charge in [0.15, 0.2) is 0 Å². The minimum absolute atomic E-state index is 0.882. The van der Waals surface area contributed by atoms with Crippen LogP contribution in [0.1, 0.15) is 17.7 Å². The Morgan fingerprint density at radius 3 is 1.76 bits per heavy atom. The van der Waals surface area contributed by atoms with E-state index in [1.165, 1.54) is 38.9 Å². The highest BCUT2D eigenvalue weighted by Crippen LogP contribution is 2.49. The van der Waals surface area contributed by atoms with E-state index in [9.17, 15) is 0 Å². The zero-order valence-corrected chi connectivity index (χ0v) is 23.1. The van der Waals surface area contributed by atoms with E-state index in [1.54, 1.807) is 0 Å². The Hall–Kier alpha value is -5.48. The maximum Gasteiger partial charge on any atom is 0.137 e. The number of benzene rings is 3. The van der Waals surface area contributed by atoms with Crippen LogP contribution in [-0.2, 0) is 6.42 Å². The first-order valence-corrected chi connectivity index (χ1v) is 14.4. The molecule has 0 saturated heterocycles. The molecule has 0 unspecified atom stereocenters. The van der Waals surface area contributed by atoms with Gasteiger partial charge in [-0.15, -0.1) is 0 Å². The Labute approximate surface area is 244 Å². The molecule has 4 aromatic heterocycles. The van der Waals surface area contributed by atoms with E-state index in [0.29, 0.717) is 0 Å². The van der Waals surface area contributed by atoms with Crippen LogP contribution in [0.15, 0.2) is 140 Å². The van der Waals surface area contributed by atoms with Crippen LogP contribution in [0, 0.1) is 0 Å². The molecule has 4 heteroatoms. The highest BCUT2D eigenvalue weighted by atomic mass is 15.1. The first-order chi connectivity index (χ1) is 20.9. The van der Waals surface area contributed by atoms with Crippen LogP contribution in [0.2, 0.25) is 0 Å². The van der Waals surface area contributed by atoms with Crippen LogP contribution in [0.4, 0.5) is 0 Å². The molecule has 0 saturated carbocycles. The smallest absolute Gasteiger partial charge is 0.137 e. The number of pyridine rings is 2. The zero-order chi connectivity index (χ0) is 27.9. The van der Waals surface area contributed by atoms with E-state index in [0.717, 1.165) is 41.4 Å². The van der Waals surface area contributed by atoms with Gasteiger partial charge in [-0.1, -0.05) is 97.1 Å². The predicted molar refractivity (Wildman–Crippen MR) is 172 cm³/mol. The van der Waals surface area contributed by atoms with Crippen molar-refractivity contribution in [1.29, 1.82) is 0 Å². The molecular weight excluding hydrogens is 512 g/mol. The third-order valence-electron chi connectivity index (χ3n) is 8.13. The number of hydrogen-bond acceptors (Lipinski definition) is 2. The van der Waals surface area contributed by atoms with Gasteiger partial charge in [-0.2, -0.15) is 0 Å². The zero-order valence-electron chi connectivity index (χ0n) is 23.1. The van der Waals surface area contributed by atoms with Gasteiger partial charge < -0.3 is 0 Å². The summed E-state index contributed by atoms with van der Waals surface area (Å²) in [6, 6.07) is 42.5. The Kier molecular flexibility index (Phi) is 5.89. The molecule has 0 fully saturated rings. The average Bonchev–Trinajstić information content (AvgIpc) is 3.59. The van der Waals surface area contributed by atoms with Crippen LogP contribution in [-0.4, -0.2) is 19.1 Å². The van der Waals surface area contributed by atoms with Gasteiger partial charge in [-0.05, 0) is 65.9 Å². The molecule has 200 valence electrons. The van der Waals surface area contributed by atoms with Crippen LogP contribution >= 0.6 is 0 Å². The fourth-order valence-electron chi connectivity index (χ4n) is 6.44. The number of aromatic nitrogens is 4. The molecule has 0 N–H and O–H groups in total. The van der Waals surface area contributed by atoms with Crippen molar-refractivity contribution in [1.82, 2.24) is 19.1 Å². The maximum atomic E-state index is 4.91. The molecule has 1 aliphatic carbocycles. The Morgan fingerprint density at radius 1 is 0.524 bits per heavy atom. The number of fused-ring (bicyclic) bond motifs is 2. The normalized spacial score (nSPS) is 12.5. The summed E-state index contributed by atoms with van der Waals surface area (Å²) in [6.07, 6.45) is 10.3. The molecule has 7 aromatic rings. The summed E-state index contributed by atoms with van der Waals surface area (Å²) in [5, 5.41) is 1.19. The highest BCUT2D eigenvalue weighted by molar-refractivity contribution is 6.08. The van der Waals surface area contributed by atoms with Gasteiger partial charge in [0.25, 0.3) is 0 Å². The number of rotatable bonds is 5. The monoisotopic (exact) mass is 540 g/mol. The second-order valence-corrected chi connectivity index (χ2v) is 10.5. The van der Waals surface area contributed by atoms with Crippen LogP contribution < -0.4 is 0 Å². The highest BCUT2D eigenvalue weighted by Gasteiger charge is 2.32. The van der Waals surface area contributed by atoms with Gasteiger partial charge in [0, 0.05) is 28.9 Å². The van der Waals surface area contributed by atoms with Crippen molar-refractivity contribution in [3.05, 3.63) is 151 Å². The van der Waals surface area contributed by atoms with Gasteiger partial charge in [-0.25, -0.2) is 9.97 Å². The molecule has 0 atom stereocenters. The van der Waals surface area contributed by atoms with E-state index in [2.05, 4.69) is 130 Å². The molecule has 3 aromatic carbocycles. The summed E-state index contributed by atoms with van der Waals surface area (Å²) in [6.45, 7) is 0. The van der Waals surface area contributed by atoms with Crippen molar-refractivity contribution in [2.24, 2.45) is 0 Å². The maximum absolute atomic E-state index is 4.91. The molecule has 42 heavy (non-hydrogen) atoms. The fraction of sp³-hybridized carbons (Fsp3) is 0.0526. The molecule has 0 radical (unpaired) electrons. The Bertz CT molecular complexity index is 1980. The average molecular weight is 541 g/mol. The second kappa shape index (κ2) is 10.2. The lowest BCUT2D eigenvalue weighted by molar-refractivity contribution is 0.936. The van der Waals surface area contributed by atoms with Crippen molar-refractivity contribution in [2.45, 2.75) is 12.8 Å². The van der Waals surface area contributed by atoms with Crippen molar-refractivity contribution in [3.8, 4) is 45.3 Å². The SMILES string of the molecule is C1=Cc2c(c(-c3ccccc3)c(-c3c(-c4ccccc4)c4ccccc4n3-c3ccccn3)n2-c2ccccn2)CC1. The summed E-state index contributed by atoms with van der Waals surface area (Å²) < 4.78 is 4.71. The molecule has 8 rings (SSSR count). The molecule has 4 nitrogen and oxygen atoms in total. The number of para-hydroxylation sites is 1. The second-order valence-electron chi connectivity index (χ2n) is 10.5. The van der Waals surface area contributed by atoms with E-state index in [1.807, 2.05) is 24.5 Å². The summed E-state index contributed by atoms with van der Waals surface area (Å²) in [5.41, 5.74) is 10.7. The molecule has 4 heterocycles. The van der Waals surface area contributed by atoms with Crippen LogP contribution in [0.3, 0.4) is 0 Å². The van der Waals surface area contributed by atoms with Gasteiger partial charge >= 0.3 is 0 Å². The number of nitrogens with zero attached hydrogens (tertiary/aromatic N) is 4. The minimum Gasteiger partial charge on any atom is -0.292 e. The first kappa shape index (κ1) is 24.3. The standard InChI is InChI=1S/C38H28N4/c1-3-15-27(16-4-1)35-29-19-7-9-21-31(29)41(33-23-11-13-25-39-33)37(35)38-36(28-17-5-2-6-18-28)30-20-8-10-22-32(30)42(38)34-24-12-14-26-40-34/h1-7,9-19,21-26H,8,20H2. The molecular formula is C38H28N4. The van der Waals surface area contributed by atoms with Crippen LogP contribution in [0.5, 0.6) is 0 Å². The predicted octanol–water partition coefficient (Wildman–Crippen LogP) is 9.17. The van der Waals surface area contributed by atoms with Gasteiger partial charge in [-0.3, -0.25) is 9.13 Å². The molecule has 0 amide bonds. The first-order valence-electron chi connectivity index (χ1n) is 14.4. The van der Waals surface area contributed by atoms with Gasteiger partial charge in [0.2, 0.25) is 0 Å². The van der Waals surface area contributed by atoms with Crippen LogP contribution in [0.25, 0.3) is 62.3 Å². The molecule has 0 aliphatic heterocycles. The topological polar surface area (TPSA) is 35.6 Å². The summed E-state index contributed by atoms with van der Waals surface area (Å²) >= 11 is 0. The molecule has 0 bridgehead atoms. The third kappa shape index (κ3) is 3.84. The largest absolute Gasteiger partial charge is 0.292 e. The van der Waals surface area contributed by atoms with Crippen molar-refractivity contribution in [3.63, 3.8) is 0 Å². The molecule has 0 spiro atoms. The van der Waals surface area contributed by atoms with E-state index in [-0.39, 0.29) is 0 Å². The quantitative estimate of drug-likeness (QED) is 0.218.